The molecule has 5 nitrogen and oxygen atoms in total. The van der Waals surface area contributed by atoms with Gasteiger partial charge in [0.05, 0.1) is 7.11 Å². The number of hydrogen-bond donors (Lipinski definition) is 2. The first-order chi connectivity index (χ1) is 13.7. The molecule has 1 aliphatic rings. The van der Waals surface area contributed by atoms with Crippen molar-refractivity contribution in [3.63, 3.8) is 0 Å². The van der Waals surface area contributed by atoms with Gasteiger partial charge in [0, 0.05) is 29.6 Å². The summed E-state index contributed by atoms with van der Waals surface area (Å²) in [6.07, 6.45) is 2.20. The Morgan fingerprint density at radius 3 is 2.68 bits per heavy atom. The number of amides is 1. The Balaban J connectivity index is 1.26. The highest BCUT2D eigenvalue weighted by Gasteiger charge is 2.21. The molecule has 2 aromatic carbocycles. The molecule has 0 spiro atoms. The van der Waals surface area contributed by atoms with Gasteiger partial charge in [-0.3, -0.25) is 9.69 Å². The van der Waals surface area contributed by atoms with Crippen molar-refractivity contribution in [2.75, 3.05) is 26.7 Å². The van der Waals surface area contributed by atoms with Gasteiger partial charge < -0.3 is 15.0 Å². The average molecular weight is 377 g/mol. The van der Waals surface area contributed by atoms with Gasteiger partial charge in [-0.25, -0.2) is 0 Å². The van der Waals surface area contributed by atoms with E-state index in [2.05, 4.69) is 27.3 Å². The van der Waals surface area contributed by atoms with Crippen LogP contribution in [0.3, 0.4) is 0 Å². The van der Waals surface area contributed by atoms with E-state index in [0.717, 1.165) is 55.7 Å². The van der Waals surface area contributed by atoms with Crippen molar-refractivity contribution in [2.24, 2.45) is 5.92 Å². The molecule has 1 saturated heterocycles. The lowest BCUT2D eigenvalue weighted by Gasteiger charge is -2.32. The number of fused-ring (bicyclic) bond motifs is 1. The van der Waals surface area contributed by atoms with Crippen LogP contribution >= 0.6 is 0 Å². The Labute approximate surface area is 165 Å². The minimum Gasteiger partial charge on any atom is -0.496 e. The molecule has 1 fully saturated rings. The predicted molar refractivity (Wildman–Crippen MR) is 112 cm³/mol. The molecule has 0 unspecified atom stereocenters. The largest absolute Gasteiger partial charge is 0.496 e. The minimum absolute atomic E-state index is 0.0207. The third-order valence-electron chi connectivity index (χ3n) is 5.62. The number of H-pyrrole nitrogens is 1. The molecule has 0 radical (unpaired) electrons. The molecule has 0 saturated carbocycles. The Bertz CT molecular complexity index is 909. The second-order valence-electron chi connectivity index (χ2n) is 7.51. The number of likely N-dealkylation sites (tertiary alicyclic amines) is 1. The van der Waals surface area contributed by atoms with E-state index < -0.39 is 0 Å². The van der Waals surface area contributed by atoms with Crippen LogP contribution in [0.2, 0.25) is 0 Å². The SMILES string of the molecule is COc1ccccc1CN1CCC(CNC(=O)c2cc3ccccc3[nH]2)CC1. The van der Waals surface area contributed by atoms with Gasteiger partial charge in [-0.15, -0.1) is 0 Å². The fourth-order valence-corrected chi connectivity index (χ4v) is 3.95. The third kappa shape index (κ3) is 4.20. The van der Waals surface area contributed by atoms with E-state index in [0.29, 0.717) is 11.6 Å². The topological polar surface area (TPSA) is 57.4 Å². The van der Waals surface area contributed by atoms with Gasteiger partial charge in [-0.05, 0) is 50.0 Å². The van der Waals surface area contributed by atoms with Gasteiger partial charge in [0.2, 0.25) is 0 Å². The van der Waals surface area contributed by atoms with Crippen molar-refractivity contribution >= 4 is 16.8 Å². The first kappa shape index (κ1) is 18.6. The van der Waals surface area contributed by atoms with E-state index >= 15 is 0 Å². The Morgan fingerprint density at radius 2 is 1.89 bits per heavy atom. The number of benzene rings is 2. The summed E-state index contributed by atoms with van der Waals surface area (Å²) in [6.45, 7) is 3.74. The number of nitrogens with one attached hydrogen (secondary N) is 2. The van der Waals surface area contributed by atoms with Crippen molar-refractivity contribution in [3.8, 4) is 5.75 Å². The lowest BCUT2D eigenvalue weighted by atomic mass is 9.96. The summed E-state index contributed by atoms with van der Waals surface area (Å²) >= 11 is 0. The van der Waals surface area contributed by atoms with Crippen LogP contribution in [-0.2, 0) is 6.54 Å². The van der Waals surface area contributed by atoms with E-state index in [4.69, 9.17) is 4.74 Å². The van der Waals surface area contributed by atoms with Crippen molar-refractivity contribution in [3.05, 3.63) is 65.9 Å². The van der Waals surface area contributed by atoms with Crippen molar-refractivity contribution < 1.29 is 9.53 Å². The first-order valence-corrected chi connectivity index (χ1v) is 9.93. The zero-order chi connectivity index (χ0) is 19.3. The lowest BCUT2D eigenvalue weighted by Crippen LogP contribution is -2.38. The van der Waals surface area contributed by atoms with E-state index in [9.17, 15) is 4.79 Å². The molecule has 0 atom stereocenters. The van der Waals surface area contributed by atoms with E-state index in [1.165, 1.54) is 5.56 Å². The number of rotatable bonds is 6. The number of hydrogen-bond acceptors (Lipinski definition) is 3. The molecule has 0 bridgehead atoms. The van der Waals surface area contributed by atoms with Crippen LogP contribution in [0, 0.1) is 5.92 Å². The molecular weight excluding hydrogens is 350 g/mol. The third-order valence-corrected chi connectivity index (χ3v) is 5.62. The van der Waals surface area contributed by atoms with Gasteiger partial charge >= 0.3 is 0 Å². The number of ether oxygens (including phenoxy) is 1. The number of carbonyl (C=O) groups excluding carboxylic acids is 1. The molecule has 4 rings (SSSR count). The number of piperidine rings is 1. The molecule has 1 aliphatic heterocycles. The second kappa shape index (κ2) is 8.48. The molecule has 5 heteroatoms. The monoisotopic (exact) mass is 377 g/mol. The maximum absolute atomic E-state index is 12.5. The quantitative estimate of drug-likeness (QED) is 0.687. The van der Waals surface area contributed by atoms with Crippen molar-refractivity contribution in [1.82, 2.24) is 15.2 Å². The summed E-state index contributed by atoms with van der Waals surface area (Å²) in [7, 11) is 1.72. The van der Waals surface area contributed by atoms with Crippen molar-refractivity contribution in [2.45, 2.75) is 19.4 Å². The maximum Gasteiger partial charge on any atom is 0.267 e. The smallest absolute Gasteiger partial charge is 0.267 e. The fourth-order valence-electron chi connectivity index (χ4n) is 3.95. The van der Waals surface area contributed by atoms with Crippen LogP contribution in [0.1, 0.15) is 28.9 Å². The average Bonchev–Trinajstić information content (AvgIpc) is 3.18. The predicted octanol–water partition coefficient (Wildman–Crippen LogP) is 3.82. The minimum atomic E-state index is -0.0207. The van der Waals surface area contributed by atoms with Crippen LogP contribution < -0.4 is 10.1 Å². The number of aromatic nitrogens is 1. The van der Waals surface area contributed by atoms with E-state index in [1.807, 2.05) is 42.5 Å². The summed E-state index contributed by atoms with van der Waals surface area (Å²) in [5.41, 5.74) is 2.86. The fraction of sp³-hybridized carbons (Fsp3) is 0.348. The number of para-hydroxylation sites is 2. The van der Waals surface area contributed by atoms with Crippen LogP contribution in [0.15, 0.2) is 54.6 Å². The summed E-state index contributed by atoms with van der Waals surface area (Å²) < 4.78 is 5.46. The molecule has 1 aromatic heterocycles. The molecule has 0 aliphatic carbocycles. The zero-order valence-electron chi connectivity index (χ0n) is 16.3. The Morgan fingerprint density at radius 1 is 1.14 bits per heavy atom. The maximum atomic E-state index is 12.5. The Hall–Kier alpha value is -2.79. The standard InChI is InChI=1S/C23H27N3O2/c1-28-22-9-5-3-7-19(22)16-26-12-10-17(11-13-26)15-24-23(27)21-14-18-6-2-4-8-20(18)25-21/h2-9,14,17,25H,10-13,15-16H2,1H3,(H,24,27). The number of methoxy groups -OCH3 is 1. The molecular formula is C23H27N3O2. The number of carbonyl (C=O) groups is 1. The molecule has 1 amide bonds. The van der Waals surface area contributed by atoms with Crippen LogP contribution in [0.25, 0.3) is 10.9 Å². The highest BCUT2D eigenvalue weighted by molar-refractivity contribution is 5.97. The summed E-state index contributed by atoms with van der Waals surface area (Å²) in [5, 5.41) is 4.17. The molecule has 28 heavy (non-hydrogen) atoms. The second-order valence-corrected chi connectivity index (χ2v) is 7.51. The Kier molecular flexibility index (Phi) is 5.63. The van der Waals surface area contributed by atoms with Gasteiger partial charge in [-0.2, -0.15) is 0 Å². The summed E-state index contributed by atoms with van der Waals surface area (Å²) in [4.78, 5) is 18.1. The number of nitrogens with zero attached hydrogens (tertiary/aromatic N) is 1. The molecule has 2 N–H and O–H groups in total. The lowest BCUT2D eigenvalue weighted by molar-refractivity contribution is 0.0931. The van der Waals surface area contributed by atoms with Crippen molar-refractivity contribution in [1.29, 1.82) is 0 Å². The van der Waals surface area contributed by atoms with Gasteiger partial charge in [-0.1, -0.05) is 36.4 Å². The summed E-state index contributed by atoms with van der Waals surface area (Å²) in [5.74, 6) is 1.46. The molecule has 146 valence electrons. The molecule has 3 aromatic rings. The van der Waals surface area contributed by atoms with Gasteiger partial charge in [0.15, 0.2) is 0 Å². The highest BCUT2D eigenvalue weighted by Crippen LogP contribution is 2.23. The zero-order valence-corrected chi connectivity index (χ0v) is 16.3. The van der Waals surface area contributed by atoms with Crippen LogP contribution in [0.5, 0.6) is 5.75 Å². The van der Waals surface area contributed by atoms with E-state index in [1.54, 1.807) is 7.11 Å². The highest BCUT2D eigenvalue weighted by atomic mass is 16.5. The van der Waals surface area contributed by atoms with Crippen LogP contribution in [0.4, 0.5) is 0 Å². The van der Waals surface area contributed by atoms with Gasteiger partial charge in [0.25, 0.3) is 5.91 Å². The first-order valence-electron chi connectivity index (χ1n) is 9.93. The van der Waals surface area contributed by atoms with Crippen LogP contribution in [-0.4, -0.2) is 42.5 Å². The normalized spacial score (nSPS) is 15.6. The number of aromatic amines is 1. The molecule has 2 heterocycles. The summed E-state index contributed by atoms with van der Waals surface area (Å²) in [6, 6.07) is 18.1. The van der Waals surface area contributed by atoms with E-state index in [-0.39, 0.29) is 5.91 Å². The van der Waals surface area contributed by atoms with Gasteiger partial charge in [0.1, 0.15) is 11.4 Å².